The number of rotatable bonds is 3. The highest BCUT2D eigenvalue weighted by Gasteiger charge is 2.12. The number of hydrogen-bond donors (Lipinski definition) is 0. The van der Waals surface area contributed by atoms with Gasteiger partial charge >= 0.3 is 5.97 Å². The standard InChI is InChI=1S/C17H13ClN2O3S/c1-23-15(21)10-20-13-7-2-3-8-14(13)24-17(20)19-16(22)11-5-4-6-12(18)9-11/h2-9H,10H2,1H3. The maximum Gasteiger partial charge on any atom is 0.325 e. The van der Waals surface area contributed by atoms with Gasteiger partial charge in [-0.05, 0) is 30.3 Å². The molecule has 0 atom stereocenters. The lowest BCUT2D eigenvalue weighted by Gasteiger charge is -2.03. The van der Waals surface area contributed by atoms with E-state index in [9.17, 15) is 9.59 Å². The SMILES string of the molecule is COC(=O)Cn1c(=NC(=O)c2cccc(Cl)c2)sc2ccccc21. The van der Waals surface area contributed by atoms with Crippen molar-refractivity contribution in [1.29, 1.82) is 0 Å². The molecule has 24 heavy (non-hydrogen) atoms. The van der Waals surface area contributed by atoms with Crippen molar-refractivity contribution in [2.24, 2.45) is 4.99 Å². The summed E-state index contributed by atoms with van der Waals surface area (Å²) in [5.41, 5.74) is 1.22. The Morgan fingerprint density at radius 3 is 2.75 bits per heavy atom. The van der Waals surface area contributed by atoms with E-state index in [1.807, 2.05) is 24.3 Å². The number of fused-ring (bicyclic) bond motifs is 1. The van der Waals surface area contributed by atoms with Gasteiger partial charge in [0.05, 0.1) is 17.3 Å². The Labute approximate surface area is 146 Å². The van der Waals surface area contributed by atoms with Crippen molar-refractivity contribution in [3.63, 3.8) is 0 Å². The maximum atomic E-state index is 12.4. The van der Waals surface area contributed by atoms with E-state index in [0.717, 1.165) is 10.2 Å². The van der Waals surface area contributed by atoms with Crippen LogP contribution in [-0.2, 0) is 16.1 Å². The van der Waals surface area contributed by atoms with E-state index in [1.54, 1.807) is 28.8 Å². The normalized spacial score (nSPS) is 11.7. The molecule has 0 aliphatic rings. The molecule has 0 aliphatic heterocycles. The molecular formula is C17H13ClN2O3S. The van der Waals surface area contributed by atoms with Crippen LogP contribution in [0.3, 0.4) is 0 Å². The number of esters is 1. The van der Waals surface area contributed by atoms with Crippen molar-refractivity contribution in [1.82, 2.24) is 4.57 Å². The number of benzene rings is 2. The predicted octanol–water partition coefficient (Wildman–Crippen LogP) is 3.27. The highest BCUT2D eigenvalue weighted by atomic mass is 35.5. The number of halogens is 1. The summed E-state index contributed by atoms with van der Waals surface area (Å²) in [6.45, 7) is -0.0117. The zero-order chi connectivity index (χ0) is 17.1. The molecule has 1 aromatic heterocycles. The Hall–Kier alpha value is -2.44. The van der Waals surface area contributed by atoms with Gasteiger partial charge in [-0.2, -0.15) is 4.99 Å². The van der Waals surface area contributed by atoms with E-state index in [-0.39, 0.29) is 6.54 Å². The molecule has 0 aliphatic carbocycles. The Morgan fingerprint density at radius 2 is 2.00 bits per heavy atom. The molecule has 0 saturated carbocycles. The summed E-state index contributed by atoms with van der Waals surface area (Å²) in [5, 5.41) is 0.467. The molecule has 0 unspecified atom stereocenters. The zero-order valence-corrected chi connectivity index (χ0v) is 14.3. The van der Waals surface area contributed by atoms with Gasteiger partial charge in [0.2, 0.25) is 0 Å². The molecule has 0 N–H and O–H groups in total. The predicted molar refractivity (Wildman–Crippen MR) is 93.2 cm³/mol. The minimum absolute atomic E-state index is 0.0117. The third kappa shape index (κ3) is 3.39. The molecule has 122 valence electrons. The first-order valence-corrected chi connectivity index (χ1v) is 8.28. The van der Waals surface area contributed by atoms with E-state index in [0.29, 0.717) is 15.4 Å². The fraction of sp³-hybridized carbons (Fsp3) is 0.118. The molecule has 5 nitrogen and oxygen atoms in total. The van der Waals surface area contributed by atoms with E-state index in [2.05, 4.69) is 4.99 Å². The van der Waals surface area contributed by atoms with Crippen LogP contribution in [0.5, 0.6) is 0 Å². The van der Waals surface area contributed by atoms with Crippen LogP contribution in [-0.4, -0.2) is 23.6 Å². The van der Waals surface area contributed by atoms with E-state index in [4.69, 9.17) is 16.3 Å². The van der Waals surface area contributed by atoms with Crippen LogP contribution in [0.15, 0.2) is 53.5 Å². The number of amides is 1. The van der Waals surface area contributed by atoms with Crippen LogP contribution >= 0.6 is 22.9 Å². The Kier molecular flexibility index (Phi) is 4.78. The van der Waals surface area contributed by atoms with Gasteiger partial charge in [0.15, 0.2) is 4.80 Å². The molecule has 0 bridgehead atoms. The van der Waals surface area contributed by atoms with Gasteiger partial charge in [0, 0.05) is 10.6 Å². The van der Waals surface area contributed by atoms with Crippen LogP contribution in [0, 0.1) is 0 Å². The third-order valence-electron chi connectivity index (χ3n) is 3.37. The number of methoxy groups -OCH3 is 1. The molecule has 1 amide bonds. The topological polar surface area (TPSA) is 60.7 Å². The van der Waals surface area contributed by atoms with Crippen LogP contribution < -0.4 is 4.80 Å². The van der Waals surface area contributed by atoms with E-state index < -0.39 is 11.9 Å². The second kappa shape index (κ2) is 6.98. The second-order valence-corrected chi connectivity index (χ2v) is 6.39. The summed E-state index contributed by atoms with van der Waals surface area (Å²) in [4.78, 5) is 28.7. The average Bonchev–Trinajstić information content (AvgIpc) is 2.92. The summed E-state index contributed by atoms with van der Waals surface area (Å²) in [6.07, 6.45) is 0. The molecule has 0 spiro atoms. The smallest absolute Gasteiger partial charge is 0.325 e. The van der Waals surface area contributed by atoms with Gasteiger partial charge < -0.3 is 9.30 Å². The lowest BCUT2D eigenvalue weighted by atomic mass is 10.2. The monoisotopic (exact) mass is 360 g/mol. The van der Waals surface area contributed by atoms with Gasteiger partial charge in [-0.25, -0.2) is 0 Å². The van der Waals surface area contributed by atoms with Gasteiger partial charge in [0.25, 0.3) is 5.91 Å². The lowest BCUT2D eigenvalue weighted by Crippen LogP contribution is -2.22. The Balaban J connectivity index is 2.12. The van der Waals surface area contributed by atoms with Crippen molar-refractivity contribution in [2.75, 3.05) is 7.11 Å². The largest absolute Gasteiger partial charge is 0.468 e. The molecule has 0 fully saturated rings. The fourth-order valence-corrected chi connectivity index (χ4v) is 3.44. The zero-order valence-electron chi connectivity index (χ0n) is 12.7. The van der Waals surface area contributed by atoms with Crippen LogP contribution in [0.1, 0.15) is 10.4 Å². The van der Waals surface area contributed by atoms with E-state index in [1.165, 1.54) is 18.4 Å². The molecule has 1 heterocycles. The molecule has 2 aromatic carbocycles. The fourth-order valence-electron chi connectivity index (χ4n) is 2.23. The minimum atomic E-state index is -0.414. The number of thiazole rings is 1. The first kappa shape index (κ1) is 16.4. The summed E-state index contributed by atoms with van der Waals surface area (Å²) in [7, 11) is 1.32. The summed E-state index contributed by atoms with van der Waals surface area (Å²) < 4.78 is 7.34. The molecule has 0 radical (unpaired) electrons. The van der Waals surface area contributed by atoms with Gasteiger partial charge in [-0.1, -0.05) is 41.1 Å². The van der Waals surface area contributed by atoms with Gasteiger partial charge in [-0.15, -0.1) is 0 Å². The lowest BCUT2D eigenvalue weighted by molar-refractivity contribution is -0.141. The molecular weight excluding hydrogens is 348 g/mol. The first-order chi connectivity index (χ1) is 11.6. The number of carbonyl (C=O) groups is 2. The summed E-state index contributed by atoms with van der Waals surface area (Å²) in [5.74, 6) is -0.821. The van der Waals surface area contributed by atoms with Crippen LogP contribution in [0.2, 0.25) is 5.02 Å². The van der Waals surface area contributed by atoms with Crippen molar-refractivity contribution < 1.29 is 14.3 Å². The number of hydrogen-bond acceptors (Lipinski definition) is 4. The quantitative estimate of drug-likeness (QED) is 0.673. The average molecular weight is 361 g/mol. The number of nitrogens with zero attached hydrogens (tertiary/aromatic N) is 2. The van der Waals surface area contributed by atoms with Crippen molar-refractivity contribution in [2.45, 2.75) is 6.54 Å². The summed E-state index contributed by atoms with van der Waals surface area (Å²) >= 11 is 7.26. The maximum absolute atomic E-state index is 12.4. The first-order valence-electron chi connectivity index (χ1n) is 7.08. The number of para-hydroxylation sites is 1. The van der Waals surface area contributed by atoms with Crippen molar-refractivity contribution in [3.05, 3.63) is 63.9 Å². The highest BCUT2D eigenvalue weighted by molar-refractivity contribution is 7.16. The van der Waals surface area contributed by atoms with Crippen molar-refractivity contribution >= 4 is 45.0 Å². The number of carbonyl (C=O) groups excluding carboxylic acids is 2. The highest BCUT2D eigenvalue weighted by Crippen LogP contribution is 2.17. The molecule has 3 aromatic rings. The summed E-state index contributed by atoms with van der Waals surface area (Å²) in [6, 6.07) is 14.1. The van der Waals surface area contributed by atoms with Crippen LogP contribution in [0.4, 0.5) is 0 Å². The Bertz CT molecular complexity index is 991. The molecule has 3 rings (SSSR count). The second-order valence-electron chi connectivity index (χ2n) is 4.94. The van der Waals surface area contributed by atoms with Crippen LogP contribution in [0.25, 0.3) is 10.2 Å². The number of ether oxygens (including phenoxy) is 1. The van der Waals surface area contributed by atoms with Gasteiger partial charge in [0.1, 0.15) is 6.54 Å². The van der Waals surface area contributed by atoms with Gasteiger partial charge in [-0.3, -0.25) is 9.59 Å². The van der Waals surface area contributed by atoms with E-state index >= 15 is 0 Å². The molecule has 7 heteroatoms. The minimum Gasteiger partial charge on any atom is -0.468 e. The number of aromatic nitrogens is 1. The third-order valence-corrected chi connectivity index (χ3v) is 4.67. The van der Waals surface area contributed by atoms with Crippen molar-refractivity contribution in [3.8, 4) is 0 Å². The Morgan fingerprint density at radius 1 is 1.21 bits per heavy atom. The molecule has 0 saturated heterocycles.